The predicted octanol–water partition coefficient (Wildman–Crippen LogP) is 6.58. The summed E-state index contributed by atoms with van der Waals surface area (Å²) in [4.78, 5) is 27.7. The van der Waals surface area contributed by atoms with Crippen LogP contribution in [-0.2, 0) is 0 Å². The lowest BCUT2D eigenvalue weighted by Crippen LogP contribution is -2.10. The topological polar surface area (TPSA) is 121 Å². The van der Waals surface area contributed by atoms with Crippen LogP contribution in [0.1, 0.15) is 10.6 Å². The normalized spacial score (nSPS) is 10.9. The van der Waals surface area contributed by atoms with E-state index in [2.05, 4.69) is 10.3 Å². The van der Waals surface area contributed by atoms with Gasteiger partial charge in [-0.25, -0.2) is 4.98 Å². The quantitative estimate of drug-likeness (QED) is 0.211. The van der Waals surface area contributed by atoms with E-state index in [1.807, 2.05) is 0 Å². The average Bonchev–Trinajstić information content (AvgIpc) is 3.51. The van der Waals surface area contributed by atoms with Crippen molar-refractivity contribution in [2.75, 3.05) is 12.4 Å². The molecular weight excluding hydrogens is 474 g/mol. The SMILES string of the molecule is COc1ccc(-c2nc3cc(NC(=O)c4ccc(-c5cccc([N+](=O)[O-])c5)o4)ccc3o2)cc1Cl. The van der Waals surface area contributed by atoms with Gasteiger partial charge in [0.2, 0.25) is 5.89 Å². The molecule has 35 heavy (non-hydrogen) atoms. The first-order valence-corrected chi connectivity index (χ1v) is 10.7. The number of amides is 1. The standard InChI is InChI=1S/C25H16ClN3O6/c1-33-21-7-5-15(12-18(21)26)25-28-19-13-16(6-8-22(19)35-25)27-24(30)23-10-9-20(34-23)14-3-2-4-17(11-14)29(31)32/h2-13H,1H3,(H,27,30). The molecule has 2 heterocycles. The van der Waals surface area contributed by atoms with E-state index in [1.54, 1.807) is 54.6 Å². The molecule has 2 aromatic heterocycles. The van der Waals surface area contributed by atoms with Crippen molar-refractivity contribution in [2.24, 2.45) is 0 Å². The number of nitro groups is 1. The molecule has 0 aliphatic rings. The van der Waals surface area contributed by atoms with Crippen LogP contribution in [0, 0.1) is 10.1 Å². The van der Waals surface area contributed by atoms with Crippen LogP contribution < -0.4 is 10.1 Å². The Morgan fingerprint density at radius 3 is 2.66 bits per heavy atom. The number of aromatic nitrogens is 1. The summed E-state index contributed by atoms with van der Waals surface area (Å²) in [7, 11) is 1.54. The van der Waals surface area contributed by atoms with Gasteiger partial charge in [0, 0.05) is 28.9 Å². The summed E-state index contributed by atoms with van der Waals surface area (Å²) in [6.45, 7) is 0. The van der Waals surface area contributed by atoms with Crippen LogP contribution in [0.5, 0.6) is 5.75 Å². The van der Waals surface area contributed by atoms with Crippen LogP contribution in [0.15, 0.2) is 81.6 Å². The molecule has 3 aromatic carbocycles. The maximum absolute atomic E-state index is 12.7. The molecule has 0 fully saturated rings. The number of nitrogens with zero attached hydrogens (tertiary/aromatic N) is 2. The van der Waals surface area contributed by atoms with Gasteiger partial charge in [-0.3, -0.25) is 14.9 Å². The van der Waals surface area contributed by atoms with Crippen LogP contribution in [0.3, 0.4) is 0 Å². The molecule has 1 N–H and O–H groups in total. The molecular formula is C25H16ClN3O6. The second-order valence-electron chi connectivity index (χ2n) is 7.48. The van der Waals surface area contributed by atoms with E-state index in [0.717, 1.165) is 0 Å². The van der Waals surface area contributed by atoms with Gasteiger partial charge < -0.3 is 18.9 Å². The first-order chi connectivity index (χ1) is 16.9. The van der Waals surface area contributed by atoms with Gasteiger partial charge >= 0.3 is 0 Å². The zero-order valence-electron chi connectivity index (χ0n) is 18.2. The Labute approximate surface area is 203 Å². The van der Waals surface area contributed by atoms with Crippen LogP contribution in [-0.4, -0.2) is 22.9 Å². The number of anilines is 1. The summed E-state index contributed by atoms with van der Waals surface area (Å²) in [5, 5.41) is 14.2. The number of fused-ring (bicyclic) bond motifs is 1. The number of rotatable bonds is 6. The number of halogens is 1. The lowest BCUT2D eigenvalue weighted by atomic mass is 10.1. The third-order valence-electron chi connectivity index (χ3n) is 5.22. The molecule has 0 atom stereocenters. The maximum Gasteiger partial charge on any atom is 0.291 e. The highest BCUT2D eigenvalue weighted by Crippen LogP contribution is 2.32. The second kappa shape index (κ2) is 8.96. The van der Waals surface area contributed by atoms with Gasteiger partial charge in [0.15, 0.2) is 11.3 Å². The molecule has 5 rings (SSSR count). The van der Waals surface area contributed by atoms with Gasteiger partial charge in [-0.2, -0.15) is 0 Å². The van der Waals surface area contributed by atoms with E-state index in [9.17, 15) is 14.9 Å². The summed E-state index contributed by atoms with van der Waals surface area (Å²) < 4.78 is 16.6. The van der Waals surface area contributed by atoms with Crippen molar-refractivity contribution in [2.45, 2.75) is 0 Å². The monoisotopic (exact) mass is 489 g/mol. The number of carbonyl (C=O) groups is 1. The van der Waals surface area contributed by atoms with Crippen molar-refractivity contribution in [3.63, 3.8) is 0 Å². The lowest BCUT2D eigenvalue weighted by Gasteiger charge is -2.03. The second-order valence-corrected chi connectivity index (χ2v) is 7.88. The highest BCUT2D eigenvalue weighted by molar-refractivity contribution is 6.32. The van der Waals surface area contributed by atoms with Crippen LogP contribution >= 0.6 is 11.6 Å². The first-order valence-electron chi connectivity index (χ1n) is 10.3. The number of carbonyl (C=O) groups excluding carboxylic acids is 1. The van der Waals surface area contributed by atoms with E-state index >= 15 is 0 Å². The van der Waals surface area contributed by atoms with Gasteiger partial charge in [-0.15, -0.1) is 0 Å². The van der Waals surface area contributed by atoms with Gasteiger partial charge in [0.25, 0.3) is 11.6 Å². The van der Waals surface area contributed by atoms with Gasteiger partial charge in [0.05, 0.1) is 17.1 Å². The van der Waals surface area contributed by atoms with Gasteiger partial charge in [-0.05, 0) is 48.5 Å². The number of nitrogens with one attached hydrogen (secondary N) is 1. The molecule has 0 aliphatic carbocycles. The molecule has 0 saturated carbocycles. The maximum atomic E-state index is 12.7. The first kappa shape index (κ1) is 22.2. The van der Waals surface area contributed by atoms with Crippen molar-refractivity contribution in [3.8, 4) is 28.5 Å². The van der Waals surface area contributed by atoms with Crippen molar-refractivity contribution in [3.05, 3.63) is 93.7 Å². The lowest BCUT2D eigenvalue weighted by molar-refractivity contribution is -0.384. The van der Waals surface area contributed by atoms with E-state index in [4.69, 9.17) is 25.2 Å². The summed E-state index contributed by atoms with van der Waals surface area (Å²) in [5.74, 6) is 0.837. The minimum atomic E-state index is -0.491. The zero-order valence-corrected chi connectivity index (χ0v) is 18.9. The highest BCUT2D eigenvalue weighted by atomic mass is 35.5. The van der Waals surface area contributed by atoms with E-state index in [1.165, 1.54) is 25.3 Å². The Morgan fingerprint density at radius 2 is 1.89 bits per heavy atom. The van der Waals surface area contributed by atoms with Gasteiger partial charge in [-0.1, -0.05) is 23.7 Å². The minimum Gasteiger partial charge on any atom is -0.495 e. The third-order valence-corrected chi connectivity index (χ3v) is 5.51. The Morgan fingerprint density at radius 1 is 1.03 bits per heavy atom. The Kier molecular flexibility index (Phi) is 5.68. The van der Waals surface area contributed by atoms with Crippen LogP contribution in [0.4, 0.5) is 11.4 Å². The van der Waals surface area contributed by atoms with Gasteiger partial charge in [0.1, 0.15) is 17.0 Å². The zero-order chi connectivity index (χ0) is 24.5. The van der Waals surface area contributed by atoms with Crippen LogP contribution in [0.25, 0.3) is 33.9 Å². The Hall–Kier alpha value is -4.63. The fourth-order valence-electron chi connectivity index (χ4n) is 3.51. The molecule has 9 nitrogen and oxygen atoms in total. The minimum absolute atomic E-state index is 0.0559. The number of ether oxygens (including phenoxy) is 1. The summed E-state index contributed by atoms with van der Waals surface area (Å²) in [6.07, 6.45) is 0. The molecule has 0 unspecified atom stereocenters. The molecule has 0 radical (unpaired) electrons. The summed E-state index contributed by atoms with van der Waals surface area (Å²) in [6, 6.07) is 19.3. The summed E-state index contributed by atoms with van der Waals surface area (Å²) in [5.41, 5.74) is 2.68. The van der Waals surface area contributed by atoms with Crippen molar-refractivity contribution < 1.29 is 23.3 Å². The smallest absolute Gasteiger partial charge is 0.291 e. The average molecular weight is 490 g/mol. The molecule has 1 amide bonds. The number of oxazole rings is 1. The predicted molar refractivity (Wildman–Crippen MR) is 130 cm³/mol. The highest BCUT2D eigenvalue weighted by Gasteiger charge is 2.16. The Bertz CT molecular complexity index is 1590. The molecule has 0 spiro atoms. The van der Waals surface area contributed by atoms with E-state index < -0.39 is 10.8 Å². The van der Waals surface area contributed by atoms with Crippen LogP contribution in [0.2, 0.25) is 5.02 Å². The molecule has 0 bridgehead atoms. The molecule has 10 heteroatoms. The fraction of sp³-hybridized carbons (Fsp3) is 0.0400. The Balaban J connectivity index is 1.35. The summed E-state index contributed by atoms with van der Waals surface area (Å²) >= 11 is 6.20. The van der Waals surface area contributed by atoms with Crippen molar-refractivity contribution >= 4 is 40.0 Å². The molecule has 5 aromatic rings. The molecule has 0 saturated heterocycles. The molecule has 0 aliphatic heterocycles. The van der Waals surface area contributed by atoms with Crippen molar-refractivity contribution in [1.82, 2.24) is 4.98 Å². The number of non-ortho nitro benzene ring substituents is 1. The molecule has 174 valence electrons. The number of hydrogen-bond donors (Lipinski definition) is 1. The number of methoxy groups -OCH3 is 1. The largest absolute Gasteiger partial charge is 0.495 e. The number of benzene rings is 3. The number of hydrogen-bond acceptors (Lipinski definition) is 7. The van der Waals surface area contributed by atoms with Crippen molar-refractivity contribution in [1.29, 1.82) is 0 Å². The fourth-order valence-corrected chi connectivity index (χ4v) is 3.77. The van der Waals surface area contributed by atoms with E-state index in [0.29, 0.717) is 50.3 Å². The number of furan rings is 1. The van der Waals surface area contributed by atoms with E-state index in [-0.39, 0.29) is 11.4 Å². The number of nitro benzene ring substituents is 1. The third kappa shape index (κ3) is 4.44.